The summed E-state index contributed by atoms with van der Waals surface area (Å²) >= 11 is 6.23. The highest BCUT2D eigenvalue weighted by atomic mass is 35.5. The van der Waals surface area contributed by atoms with Crippen molar-refractivity contribution in [2.45, 2.75) is 38.0 Å². The molecule has 10 nitrogen and oxygen atoms in total. The number of halogens is 5. The molecule has 3 atom stereocenters. The van der Waals surface area contributed by atoms with Crippen LogP contribution in [0.15, 0.2) is 38.4 Å². The number of hydrogen-bond acceptors (Lipinski definition) is 7. The summed E-state index contributed by atoms with van der Waals surface area (Å²) in [5.41, 5.74) is 1.41. The van der Waals surface area contributed by atoms with Gasteiger partial charge < -0.3 is 9.88 Å². The number of para-hydroxylation sites is 1. The lowest BCUT2D eigenvalue weighted by molar-refractivity contribution is -0.0441. The van der Waals surface area contributed by atoms with Gasteiger partial charge in [-0.1, -0.05) is 17.7 Å². The first-order valence-electron chi connectivity index (χ1n) is 11.8. The molecule has 4 aliphatic heterocycles. The Labute approximate surface area is 213 Å². The van der Waals surface area contributed by atoms with Crippen LogP contribution in [0.5, 0.6) is 0 Å². The topological polar surface area (TPSA) is 99.9 Å². The fourth-order valence-corrected chi connectivity index (χ4v) is 5.07. The van der Waals surface area contributed by atoms with Crippen LogP contribution < -0.4 is 5.32 Å². The number of piperidine rings is 1. The summed E-state index contributed by atoms with van der Waals surface area (Å²) in [5, 5.41) is 14.2. The third kappa shape index (κ3) is 4.58. The van der Waals surface area contributed by atoms with Gasteiger partial charge in [0.15, 0.2) is 6.17 Å². The van der Waals surface area contributed by atoms with Gasteiger partial charge in [-0.3, -0.25) is 5.32 Å². The molecule has 37 heavy (non-hydrogen) atoms. The Balaban J connectivity index is 1.27. The SMILES string of the molecule is FC(F)N1CC(C2C=NN3C(=NCc4nc5c(Cl)cccc5[nH]4)NC(N4CCC(F)(F)CC4)=NC23)C=N1. The lowest BCUT2D eigenvalue weighted by Gasteiger charge is -2.39. The summed E-state index contributed by atoms with van der Waals surface area (Å²) in [4.78, 5) is 18.9. The van der Waals surface area contributed by atoms with Gasteiger partial charge >= 0.3 is 6.55 Å². The molecular formula is C22H23ClF4N10. The van der Waals surface area contributed by atoms with Crippen LogP contribution >= 0.6 is 11.6 Å². The number of aromatic amines is 1. The van der Waals surface area contributed by atoms with Crippen LogP contribution in [0, 0.1) is 11.8 Å². The Bertz CT molecular complexity index is 1300. The minimum atomic E-state index is -2.71. The van der Waals surface area contributed by atoms with E-state index >= 15 is 0 Å². The van der Waals surface area contributed by atoms with Crippen LogP contribution in [-0.2, 0) is 6.54 Å². The molecule has 0 radical (unpaired) electrons. The van der Waals surface area contributed by atoms with Gasteiger partial charge in [0.2, 0.25) is 11.9 Å². The van der Waals surface area contributed by atoms with Gasteiger partial charge in [0.25, 0.3) is 5.92 Å². The number of aromatic nitrogens is 2. The number of hydrazone groups is 2. The fourth-order valence-electron chi connectivity index (χ4n) is 4.85. The Kier molecular flexibility index (Phi) is 5.92. The van der Waals surface area contributed by atoms with Crippen LogP contribution in [0.4, 0.5) is 17.6 Å². The molecule has 3 unspecified atom stereocenters. The molecule has 0 amide bonds. The second-order valence-corrected chi connectivity index (χ2v) is 9.72. The lowest BCUT2D eigenvalue weighted by atomic mass is 9.92. The fraction of sp³-hybridized carbons (Fsp3) is 0.500. The summed E-state index contributed by atoms with van der Waals surface area (Å²) in [7, 11) is 0. The number of alkyl halides is 4. The number of aliphatic imine (C=N–C) groups is 2. The summed E-state index contributed by atoms with van der Waals surface area (Å²) in [5.74, 6) is -2.08. The molecule has 5 heterocycles. The van der Waals surface area contributed by atoms with Gasteiger partial charge in [-0.25, -0.2) is 33.8 Å². The van der Waals surface area contributed by atoms with E-state index in [9.17, 15) is 17.6 Å². The lowest BCUT2D eigenvalue weighted by Crippen LogP contribution is -2.58. The Morgan fingerprint density at radius 1 is 1.16 bits per heavy atom. The molecule has 1 fully saturated rings. The second kappa shape index (κ2) is 9.15. The van der Waals surface area contributed by atoms with Crippen molar-refractivity contribution >= 4 is 47.0 Å². The predicted molar refractivity (Wildman–Crippen MR) is 131 cm³/mol. The van der Waals surface area contributed by atoms with Crippen LogP contribution in [0.25, 0.3) is 11.0 Å². The van der Waals surface area contributed by atoms with Crippen molar-refractivity contribution < 1.29 is 17.6 Å². The van der Waals surface area contributed by atoms with Crippen LogP contribution in [0.2, 0.25) is 5.02 Å². The first kappa shape index (κ1) is 23.9. The molecule has 0 spiro atoms. The number of H-pyrrole nitrogens is 1. The molecule has 1 aromatic carbocycles. The number of benzene rings is 1. The molecule has 1 aromatic heterocycles. The van der Waals surface area contributed by atoms with Crippen molar-refractivity contribution in [1.29, 1.82) is 0 Å². The summed E-state index contributed by atoms with van der Waals surface area (Å²) in [6, 6.07) is 5.42. The minimum Gasteiger partial charge on any atom is -0.342 e. The standard InChI is InChI=1S/C22H23ClF4N10/c23-14-2-1-3-15-17(14)32-16(31-15)10-28-20-34-21(35-6-4-22(26,27)5-7-35)33-18-13(9-30-37(18)20)12-8-29-36(11-12)19(24)25/h1-3,8-9,12-13,18-19H,4-7,10-11H2,(H,31,32)(H,28,33,34). The third-order valence-electron chi connectivity index (χ3n) is 6.86. The monoisotopic (exact) mass is 538 g/mol. The molecule has 1 saturated heterocycles. The average molecular weight is 539 g/mol. The van der Waals surface area contributed by atoms with Crippen molar-refractivity contribution in [2.24, 2.45) is 32.0 Å². The van der Waals surface area contributed by atoms with Crippen LogP contribution in [-0.4, -0.2) is 87.5 Å². The Morgan fingerprint density at radius 2 is 1.97 bits per heavy atom. The highest BCUT2D eigenvalue weighted by molar-refractivity contribution is 6.34. The third-order valence-corrected chi connectivity index (χ3v) is 7.17. The number of imidazole rings is 1. The second-order valence-electron chi connectivity index (χ2n) is 9.31. The van der Waals surface area contributed by atoms with E-state index in [2.05, 4.69) is 30.5 Å². The number of fused-ring (bicyclic) bond motifs is 2. The van der Waals surface area contributed by atoms with Gasteiger partial charge in [0.1, 0.15) is 17.9 Å². The largest absolute Gasteiger partial charge is 0.342 e. The van der Waals surface area contributed by atoms with Gasteiger partial charge in [-0.2, -0.15) is 19.0 Å². The minimum absolute atomic E-state index is 0.0269. The average Bonchev–Trinajstić information content (AvgIpc) is 3.60. The maximum Gasteiger partial charge on any atom is 0.329 e. The molecule has 15 heteroatoms. The number of nitrogens with zero attached hydrogens (tertiary/aromatic N) is 8. The van der Waals surface area contributed by atoms with Crippen molar-refractivity contribution in [3.63, 3.8) is 0 Å². The van der Waals surface area contributed by atoms with Crippen LogP contribution in [0.3, 0.4) is 0 Å². The van der Waals surface area contributed by atoms with E-state index in [4.69, 9.17) is 16.6 Å². The molecule has 2 N–H and O–H groups in total. The maximum absolute atomic E-state index is 13.8. The zero-order valence-corrected chi connectivity index (χ0v) is 20.2. The number of guanidine groups is 2. The smallest absolute Gasteiger partial charge is 0.329 e. The van der Waals surface area contributed by atoms with E-state index in [1.165, 1.54) is 6.21 Å². The van der Waals surface area contributed by atoms with Gasteiger partial charge in [0.05, 0.1) is 17.1 Å². The van der Waals surface area contributed by atoms with E-state index in [0.29, 0.717) is 28.3 Å². The number of rotatable bonds is 4. The number of hydrogen-bond donors (Lipinski definition) is 2. The summed E-state index contributed by atoms with van der Waals surface area (Å²) in [6.45, 7) is -2.27. The molecule has 0 saturated carbocycles. The van der Waals surface area contributed by atoms with E-state index in [0.717, 1.165) is 10.5 Å². The quantitative estimate of drug-likeness (QED) is 0.460. The Morgan fingerprint density at radius 3 is 2.70 bits per heavy atom. The molecule has 0 aliphatic carbocycles. The first-order valence-corrected chi connectivity index (χ1v) is 12.2. The van der Waals surface area contributed by atoms with E-state index in [1.807, 2.05) is 12.1 Å². The predicted octanol–water partition coefficient (Wildman–Crippen LogP) is 3.15. The van der Waals surface area contributed by atoms with Gasteiger partial charge in [0, 0.05) is 50.2 Å². The summed E-state index contributed by atoms with van der Waals surface area (Å²) in [6.07, 6.45) is 1.99. The van der Waals surface area contributed by atoms with Gasteiger partial charge in [-0.05, 0) is 12.1 Å². The molecule has 196 valence electrons. The van der Waals surface area contributed by atoms with Crippen molar-refractivity contribution in [2.75, 3.05) is 19.6 Å². The van der Waals surface area contributed by atoms with Crippen molar-refractivity contribution in [3.05, 3.63) is 29.0 Å². The molecule has 2 aromatic rings. The van der Waals surface area contributed by atoms with E-state index < -0.39 is 18.6 Å². The van der Waals surface area contributed by atoms with Gasteiger partial charge in [-0.15, -0.1) is 0 Å². The first-order chi connectivity index (χ1) is 17.8. The van der Waals surface area contributed by atoms with E-state index in [1.54, 1.807) is 22.2 Å². The van der Waals surface area contributed by atoms with Crippen LogP contribution in [0.1, 0.15) is 18.7 Å². The molecule has 6 rings (SSSR count). The highest BCUT2D eigenvalue weighted by Gasteiger charge is 2.45. The number of likely N-dealkylation sites (tertiary alicyclic amines) is 1. The number of nitrogens with one attached hydrogen (secondary N) is 2. The van der Waals surface area contributed by atoms with Crippen molar-refractivity contribution in [3.8, 4) is 0 Å². The normalized spacial score (nSPS) is 27.9. The zero-order chi connectivity index (χ0) is 25.7. The molecule has 0 bridgehead atoms. The van der Waals surface area contributed by atoms with E-state index in [-0.39, 0.29) is 50.9 Å². The summed E-state index contributed by atoms with van der Waals surface area (Å²) < 4.78 is 53.9. The molecular weight excluding hydrogens is 516 g/mol. The highest BCUT2D eigenvalue weighted by Crippen LogP contribution is 2.32. The Hall–Kier alpha value is -3.42. The zero-order valence-electron chi connectivity index (χ0n) is 19.4. The van der Waals surface area contributed by atoms with Crippen molar-refractivity contribution in [1.82, 2.24) is 30.2 Å². The molecule has 4 aliphatic rings. The maximum atomic E-state index is 13.8.